The van der Waals surface area contributed by atoms with Gasteiger partial charge in [-0.25, -0.2) is 4.79 Å². The highest BCUT2D eigenvalue weighted by atomic mass is 32.2. The summed E-state index contributed by atoms with van der Waals surface area (Å²) in [5.41, 5.74) is 6.83. The fourth-order valence-electron chi connectivity index (χ4n) is 1.46. The number of carbonyl (C=O) groups excluding carboxylic acids is 1. The summed E-state index contributed by atoms with van der Waals surface area (Å²) in [6, 6.07) is 9.52. The van der Waals surface area contributed by atoms with Crippen molar-refractivity contribution in [2.45, 2.75) is 5.25 Å². The monoisotopic (exact) mass is 249 g/mol. The Labute approximate surface area is 103 Å². The average molecular weight is 249 g/mol. The van der Waals surface area contributed by atoms with E-state index in [4.69, 9.17) is 5.73 Å². The molecular weight excluding hydrogens is 238 g/mol. The van der Waals surface area contributed by atoms with Crippen LogP contribution in [0.25, 0.3) is 0 Å². The number of hydrogen-bond acceptors (Lipinski definition) is 6. The van der Waals surface area contributed by atoms with E-state index in [2.05, 4.69) is 14.9 Å². The van der Waals surface area contributed by atoms with Gasteiger partial charge in [0, 0.05) is 0 Å². The summed E-state index contributed by atoms with van der Waals surface area (Å²) >= 11 is 1.29. The number of hydrogen-bond donors (Lipinski definition) is 1. The minimum atomic E-state index is -0.484. The number of carbonyl (C=O) groups is 1. The fourth-order valence-corrected chi connectivity index (χ4v) is 2.34. The highest BCUT2D eigenvalue weighted by Gasteiger charge is 2.29. The van der Waals surface area contributed by atoms with E-state index < -0.39 is 5.97 Å². The molecule has 0 fully saturated rings. The molecule has 0 aromatic heterocycles. The molecule has 1 aliphatic heterocycles. The standard InChI is InChI=1S/C11H11N3O2S/c1-16-10(15)8-9(17-11(12)14-13-8)7-5-3-2-4-6-7/h2-6,9H,1H3,(H2,12,14)/t9-/m1/s1. The number of ether oxygens (including phenoxy) is 1. The normalized spacial score (nSPS) is 19.2. The van der Waals surface area contributed by atoms with Gasteiger partial charge in [0.25, 0.3) is 0 Å². The lowest BCUT2D eigenvalue weighted by Gasteiger charge is -2.19. The van der Waals surface area contributed by atoms with Crippen LogP contribution in [0.2, 0.25) is 0 Å². The molecule has 1 aromatic carbocycles. The van der Waals surface area contributed by atoms with Crippen LogP contribution in [0.15, 0.2) is 40.5 Å². The number of rotatable bonds is 2. The molecular formula is C11H11N3O2S. The van der Waals surface area contributed by atoms with Crippen molar-refractivity contribution in [1.29, 1.82) is 0 Å². The van der Waals surface area contributed by atoms with Crippen molar-refractivity contribution in [2.24, 2.45) is 15.9 Å². The molecule has 1 heterocycles. The van der Waals surface area contributed by atoms with Crippen LogP contribution in [0.4, 0.5) is 0 Å². The molecule has 0 spiro atoms. The van der Waals surface area contributed by atoms with Crippen molar-refractivity contribution in [3.63, 3.8) is 0 Å². The van der Waals surface area contributed by atoms with Crippen LogP contribution in [0.1, 0.15) is 10.8 Å². The van der Waals surface area contributed by atoms with Crippen LogP contribution >= 0.6 is 11.8 Å². The molecule has 1 aromatic rings. The maximum Gasteiger partial charge on any atom is 0.355 e. The van der Waals surface area contributed by atoms with Crippen LogP contribution in [-0.2, 0) is 9.53 Å². The molecule has 17 heavy (non-hydrogen) atoms. The first-order valence-electron chi connectivity index (χ1n) is 4.93. The minimum Gasteiger partial charge on any atom is -0.464 e. The molecule has 0 unspecified atom stereocenters. The lowest BCUT2D eigenvalue weighted by atomic mass is 10.1. The van der Waals surface area contributed by atoms with Crippen molar-refractivity contribution in [2.75, 3.05) is 7.11 Å². The van der Waals surface area contributed by atoms with Gasteiger partial charge in [0.15, 0.2) is 10.9 Å². The third-order valence-corrected chi connectivity index (χ3v) is 3.29. The van der Waals surface area contributed by atoms with Gasteiger partial charge >= 0.3 is 5.97 Å². The van der Waals surface area contributed by atoms with Crippen molar-refractivity contribution in [3.8, 4) is 0 Å². The molecule has 0 aliphatic carbocycles. The molecule has 2 N–H and O–H groups in total. The first-order valence-corrected chi connectivity index (χ1v) is 5.81. The Morgan fingerprint density at radius 3 is 2.71 bits per heavy atom. The Balaban J connectivity index is 2.36. The predicted octanol–water partition coefficient (Wildman–Crippen LogP) is 1.32. The molecule has 0 radical (unpaired) electrons. The van der Waals surface area contributed by atoms with Crippen molar-refractivity contribution < 1.29 is 9.53 Å². The van der Waals surface area contributed by atoms with E-state index in [9.17, 15) is 4.79 Å². The van der Waals surface area contributed by atoms with E-state index in [0.29, 0.717) is 5.17 Å². The second-order valence-electron chi connectivity index (χ2n) is 3.32. The van der Waals surface area contributed by atoms with Gasteiger partial charge in [-0.15, -0.1) is 10.2 Å². The number of amidine groups is 1. The SMILES string of the molecule is COC(=O)C1=NN=C(N)S[C@@H]1c1ccccc1. The second kappa shape index (κ2) is 5.01. The maximum absolute atomic E-state index is 11.6. The first kappa shape index (κ1) is 11.7. The van der Waals surface area contributed by atoms with E-state index in [-0.39, 0.29) is 11.0 Å². The number of benzene rings is 1. The van der Waals surface area contributed by atoms with Crippen LogP contribution in [0, 0.1) is 0 Å². The van der Waals surface area contributed by atoms with Gasteiger partial charge in [0.1, 0.15) is 0 Å². The third-order valence-electron chi connectivity index (χ3n) is 2.24. The zero-order chi connectivity index (χ0) is 12.3. The zero-order valence-corrected chi connectivity index (χ0v) is 9.98. The highest BCUT2D eigenvalue weighted by Crippen LogP contribution is 2.33. The van der Waals surface area contributed by atoms with Crippen LogP contribution in [0.5, 0.6) is 0 Å². The van der Waals surface area contributed by atoms with E-state index in [1.807, 2.05) is 30.3 Å². The van der Waals surface area contributed by atoms with Gasteiger partial charge in [-0.3, -0.25) is 0 Å². The Hall–Kier alpha value is -1.82. The summed E-state index contributed by atoms with van der Waals surface area (Å²) in [7, 11) is 1.32. The van der Waals surface area contributed by atoms with Gasteiger partial charge in [-0.05, 0) is 5.56 Å². The average Bonchev–Trinajstić information content (AvgIpc) is 2.39. The Morgan fingerprint density at radius 2 is 2.06 bits per heavy atom. The molecule has 2 rings (SSSR count). The molecule has 1 atom stereocenters. The number of esters is 1. The summed E-state index contributed by atoms with van der Waals surface area (Å²) in [6.07, 6.45) is 0. The van der Waals surface area contributed by atoms with Gasteiger partial charge in [0.05, 0.1) is 12.4 Å². The minimum absolute atomic E-state index is 0.262. The molecule has 5 nitrogen and oxygen atoms in total. The number of thioether (sulfide) groups is 1. The summed E-state index contributed by atoms with van der Waals surface area (Å²) in [5, 5.41) is 7.60. The largest absolute Gasteiger partial charge is 0.464 e. The van der Waals surface area contributed by atoms with Crippen LogP contribution in [-0.4, -0.2) is 24.0 Å². The predicted molar refractivity (Wildman–Crippen MR) is 67.8 cm³/mol. The number of nitrogens with zero attached hydrogens (tertiary/aromatic N) is 2. The van der Waals surface area contributed by atoms with Gasteiger partial charge in [-0.1, -0.05) is 42.1 Å². The quantitative estimate of drug-likeness (QED) is 0.802. The Kier molecular flexibility index (Phi) is 3.43. The van der Waals surface area contributed by atoms with Gasteiger partial charge in [0.2, 0.25) is 0 Å². The molecule has 0 amide bonds. The summed E-state index contributed by atoms with van der Waals surface area (Å²) < 4.78 is 4.68. The van der Waals surface area contributed by atoms with Gasteiger partial charge < -0.3 is 10.5 Å². The molecule has 88 valence electrons. The first-order chi connectivity index (χ1) is 8.22. The van der Waals surface area contributed by atoms with Crippen molar-refractivity contribution in [3.05, 3.63) is 35.9 Å². The third kappa shape index (κ3) is 2.47. The maximum atomic E-state index is 11.6. The van der Waals surface area contributed by atoms with E-state index in [1.165, 1.54) is 18.9 Å². The van der Waals surface area contributed by atoms with E-state index >= 15 is 0 Å². The lowest BCUT2D eigenvalue weighted by Crippen LogP contribution is -2.27. The topological polar surface area (TPSA) is 77.0 Å². The summed E-state index contributed by atoms with van der Waals surface area (Å²) in [5.74, 6) is -0.484. The molecule has 6 heteroatoms. The second-order valence-corrected chi connectivity index (χ2v) is 4.45. The van der Waals surface area contributed by atoms with Crippen molar-refractivity contribution >= 4 is 28.6 Å². The Morgan fingerprint density at radius 1 is 1.35 bits per heavy atom. The molecule has 0 bridgehead atoms. The van der Waals surface area contributed by atoms with Crippen LogP contribution < -0.4 is 5.73 Å². The van der Waals surface area contributed by atoms with E-state index in [0.717, 1.165) is 5.56 Å². The van der Waals surface area contributed by atoms with Gasteiger partial charge in [-0.2, -0.15) is 0 Å². The lowest BCUT2D eigenvalue weighted by molar-refractivity contribution is -0.132. The van der Waals surface area contributed by atoms with Crippen LogP contribution in [0.3, 0.4) is 0 Å². The Bertz CT molecular complexity index is 485. The molecule has 0 saturated heterocycles. The fraction of sp³-hybridized carbons (Fsp3) is 0.182. The van der Waals surface area contributed by atoms with Crippen molar-refractivity contribution in [1.82, 2.24) is 0 Å². The summed E-state index contributed by atoms with van der Waals surface area (Å²) in [6.45, 7) is 0. The zero-order valence-electron chi connectivity index (χ0n) is 9.16. The number of nitrogens with two attached hydrogens (primary N) is 1. The number of methoxy groups -OCH3 is 1. The van der Waals surface area contributed by atoms with E-state index in [1.54, 1.807) is 0 Å². The summed E-state index contributed by atoms with van der Waals surface area (Å²) in [4.78, 5) is 11.6. The molecule has 0 saturated carbocycles. The smallest absolute Gasteiger partial charge is 0.355 e. The highest BCUT2D eigenvalue weighted by molar-refractivity contribution is 8.14. The molecule has 1 aliphatic rings.